The Balaban J connectivity index is 2.40. The van der Waals surface area contributed by atoms with Crippen molar-refractivity contribution in [3.63, 3.8) is 0 Å². The quantitative estimate of drug-likeness (QED) is 0.550. The Hall–Kier alpha value is -2.36. The van der Waals surface area contributed by atoms with E-state index in [2.05, 4.69) is 0 Å². The molecule has 3 heterocycles. The highest BCUT2D eigenvalue weighted by molar-refractivity contribution is 6.12. The minimum absolute atomic E-state index is 0.132. The summed E-state index contributed by atoms with van der Waals surface area (Å²) in [6, 6.07) is 7.13. The van der Waals surface area contributed by atoms with Crippen LogP contribution < -0.4 is 5.43 Å². The average molecular weight is 226 g/mol. The molecule has 0 saturated heterocycles. The van der Waals surface area contributed by atoms with Gasteiger partial charge in [-0.25, -0.2) is 4.79 Å². The van der Waals surface area contributed by atoms with Crippen LogP contribution in [0.15, 0.2) is 33.5 Å². The van der Waals surface area contributed by atoms with Gasteiger partial charge >= 0.3 is 5.97 Å². The molecule has 2 bridgehead atoms. The first-order valence-corrected chi connectivity index (χ1v) is 5.24. The SMILES string of the molecule is O=C1OCc2c1c1oc2c(=O)c2ccccc12. The minimum Gasteiger partial charge on any atom is -0.457 e. The number of hydrogen-bond acceptors (Lipinski definition) is 4. The monoisotopic (exact) mass is 226 g/mol. The maximum absolute atomic E-state index is 12.1. The van der Waals surface area contributed by atoms with Crippen LogP contribution in [0.5, 0.6) is 0 Å². The van der Waals surface area contributed by atoms with Gasteiger partial charge in [0.25, 0.3) is 0 Å². The van der Waals surface area contributed by atoms with Gasteiger partial charge in [-0.3, -0.25) is 4.79 Å². The average Bonchev–Trinajstić information content (AvgIpc) is 2.88. The molecular formula is C13H6O4. The maximum atomic E-state index is 12.1. The van der Waals surface area contributed by atoms with Crippen LogP contribution in [0.4, 0.5) is 0 Å². The molecule has 0 fully saturated rings. The summed E-state index contributed by atoms with van der Waals surface area (Å²) in [7, 11) is 0. The summed E-state index contributed by atoms with van der Waals surface area (Å²) < 4.78 is 10.4. The molecule has 0 radical (unpaired) electrons. The van der Waals surface area contributed by atoms with Gasteiger partial charge in [-0.05, 0) is 0 Å². The van der Waals surface area contributed by atoms with E-state index >= 15 is 0 Å². The molecule has 1 aliphatic heterocycles. The van der Waals surface area contributed by atoms with Crippen LogP contribution in [0.2, 0.25) is 0 Å². The molecule has 0 saturated carbocycles. The molecule has 0 N–H and O–H groups in total. The van der Waals surface area contributed by atoms with Gasteiger partial charge in [-0.1, -0.05) is 24.3 Å². The van der Waals surface area contributed by atoms with Crippen LogP contribution in [0.1, 0.15) is 15.9 Å². The molecule has 0 spiro atoms. The second kappa shape index (κ2) is 2.66. The number of fused-ring (bicyclic) bond motifs is 7. The smallest absolute Gasteiger partial charge is 0.342 e. The van der Waals surface area contributed by atoms with E-state index in [0.717, 1.165) is 0 Å². The van der Waals surface area contributed by atoms with Crippen LogP contribution in [-0.4, -0.2) is 5.97 Å². The van der Waals surface area contributed by atoms with E-state index in [1.807, 2.05) is 6.07 Å². The minimum atomic E-state index is -0.408. The number of cyclic esters (lactones) is 1. The molecule has 4 heteroatoms. The summed E-state index contributed by atoms with van der Waals surface area (Å²) in [5, 5.41) is 1.26. The standard InChI is InChI=1S/C13H6O4/c14-10-6-3-1-2-4-7(6)11-9-8(12(10)17-11)5-16-13(9)15/h1-4H,5H2. The number of rotatable bonds is 0. The second-order valence-corrected chi connectivity index (χ2v) is 4.06. The zero-order valence-electron chi connectivity index (χ0n) is 8.65. The predicted molar refractivity (Wildman–Crippen MR) is 60.3 cm³/mol. The fourth-order valence-electron chi connectivity index (χ4n) is 2.40. The first kappa shape index (κ1) is 8.75. The number of hydrogen-bond donors (Lipinski definition) is 0. The van der Waals surface area contributed by atoms with Crippen LogP contribution in [0, 0.1) is 0 Å². The zero-order valence-corrected chi connectivity index (χ0v) is 8.65. The van der Waals surface area contributed by atoms with Crippen LogP contribution >= 0.6 is 0 Å². The molecule has 0 atom stereocenters. The molecule has 17 heavy (non-hydrogen) atoms. The Morgan fingerprint density at radius 1 is 1.00 bits per heavy atom. The van der Waals surface area contributed by atoms with Crippen molar-refractivity contribution in [2.24, 2.45) is 0 Å². The Morgan fingerprint density at radius 2 is 1.76 bits per heavy atom. The van der Waals surface area contributed by atoms with E-state index in [4.69, 9.17) is 9.15 Å². The van der Waals surface area contributed by atoms with Gasteiger partial charge in [-0.15, -0.1) is 0 Å². The highest BCUT2D eigenvalue weighted by atomic mass is 16.5. The van der Waals surface area contributed by atoms with Crippen molar-refractivity contribution >= 4 is 27.9 Å². The van der Waals surface area contributed by atoms with E-state index in [0.29, 0.717) is 27.5 Å². The van der Waals surface area contributed by atoms with Gasteiger partial charge < -0.3 is 9.15 Å². The Bertz CT molecular complexity index is 828. The van der Waals surface area contributed by atoms with Gasteiger partial charge in [-0.2, -0.15) is 0 Å². The number of benzene rings is 1. The van der Waals surface area contributed by atoms with Gasteiger partial charge in [0.1, 0.15) is 12.2 Å². The highest BCUT2D eigenvalue weighted by Gasteiger charge is 2.32. The molecule has 0 unspecified atom stereocenters. The van der Waals surface area contributed by atoms with Crippen LogP contribution in [0.3, 0.4) is 0 Å². The van der Waals surface area contributed by atoms with Gasteiger partial charge in [0.15, 0.2) is 11.2 Å². The maximum Gasteiger partial charge on any atom is 0.342 e. The lowest BCUT2D eigenvalue weighted by molar-refractivity contribution is 0.0534. The lowest BCUT2D eigenvalue weighted by Gasteiger charge is -1.98. The van der Waals surface area contributed by atoms with Crippen molar-refractivity contribution < 1.29 is 13.9 Å². The summed E-state index contributed by atoms with van der Waals surface area (Å²) in [4.78, 5) is 23.8. The lowest BCUT2D eigenvalue weighted by Crippen LogP contribution is -2.01. The van der Waals surface area contributed by atoms with Gasteiger partial charge in [0.05, 0.1) is 5.56 Å². The third kappa shape index (κ3) is 0.887. The number of esters is 1. The van der Waals surface area contributed by atoms with Gasteiger partial charge in [0, 0.05) is 10.8 Å². The summed E-state index contributed by atoms with van der Waals surface area (Å²) in [5.74, 6) is -0.408. The van der Waals surface area contributed by atoms with Crippen molar-refractivity contribution in [1.82, 2.24) is 0 Å². The predicted octanol–water partition coefficient (Wildman–Crippen LogP) is 2.05. The first-order chi connectivity index (χ1) is 8.27. The van der Waals surface area contributed by atoms with E-state index in [1.165, 1.54) is 0 Å². The van der Waals surface area contributed by atoms with E-state index in [9.17, 15) is 9.59 Å². The number of carbonyl (C=O) groups excluding carboxylic acids is 1. The largest absolute Gasteiger partial charge is 0.457 e. The van der Waals surface area contributed by atoms with E-state index < -0.39 is 5.97 Å². The fraction of sp³-hybridized carbons (Fsp3) is 0.0769. The summed E-state index contributed by atoms with van der Waals surface area (Å²) in [5.41, 5.74) is 1.55. The Labute approximate surface area is 94.7 Å². The summed E-state index contributed by atoms with van der Waals surface area (Å²) >= 11 is 0. The molecule has 1 aromatic carbocycles. The highest BCUT2D eigenvalue weighted by Crippen LogP contribution is 2.35. The zero-order chi connectivity index (χ0) is 11.6. The van der Waals surface area contributed by atoms with Crippen molar-refractivity contribution in [3.8, 4) is 0 Å². The van der Waals surface area contributed by atoms with Gasteiger partial charge in [0.2, 0.25) is 5.43 Å². The molecule has 82 valence electrons. The number of furan rings is 1. The Morgan fingerprint density at radius 3 is 2.59 bits per heavy atom. The Kier molecular flexibility index (Phi) is 1.37. The number of carbonyl (C=O) groups is 1. The molecule has 1 aliphatic rings. The molecule has 2 aromatic heterocycles. The van der Waals surface area contributed by atoms with Crippen molar-refractivity contribution in [2.45, 2.75) is 6.61 Å². The van der Waals surface area contributed by atoms with Crippen LogP contribution in [0.25, 0.3) is 21.9 Å². The molecule has 0 aliphatic carbocycles. The first-order valence-electron chi connectivity index (χ1n) is 5.24. The fourth-order valence-corrected chi connectivity index (χ4v) is 2.40. The normalized spacial score (nSPS) is 14.5. The summed E-state index contributed by atoms with van der Waals surface area (Å²) in [6.07, 6.45) is 0. The number of ether oxygens (including phenoxy) is 1. The third-order valence-corrected chi connectivity index (χ3v) is 3.18. The van der Waals surface area contributed by atoms with Crippen molar-refractivity contribution in [1.29, 1.82) is 0 Å². The molecule has 3 aromatic rings. The third-order valence-electron chi connectivity index (χ3n) is 3.18. The molecule has 4 nitrogen and oxygen atoms in total. The topological polar surface area (TPSA) is 56.5 Å². The molecule has 4 rings (SSSR count). The molecule has 0 amide bonds. The lowest BCUT2D eigenvalue weighted by atomic mass is 10.1. The van der Waals surface area contributed by atoms with E-state index in [1.54, 1.807) is 18.2 Å². The van der Waals surface area contributed by atoms with Crippen molar-refractivity contribution in [2.75, 3.05) is 0 Å². The van der Waals surface area contributed by atoms with Crippen molar-refractivity contribution in [3.05, 3.63) is 45.6 Å². The summed E-state index contributed by atoms with van der Waals surface area (Å²) in [6.45, 7) is 0.132. The second-order valence-electron chi connectivity index (χ2n) is 4.06. The van der Waals surface area contributed by atoms with E-state index in [-0.39, 0.29) is 17.6 Å². The van der Waals surface area contributed by atoms with Crippen LogP contribution in [-0.2, 0) is 11.3 Å². The molecular weight excluding hydrogens is 220 g/mol.